The third-order valence-corrected chi connectivity index (χ3v) is 5.84. The van der Waals surface area contributed by atoms with E-state index in [2.05, 4.69) is 11.6 Å². The van der Waals surface area contributed by atoms with Crippen LogP contribution in [0.2, 0.25) is 5.02 Å². The molecule has 0 saturated carbocycles. The lowest BCUT2D eigenvalue weighted by atomic mass is 9.94. The smallest absolute Gasteiger partial charge is 0.227 e. The van der Waals surface area contributed by atoms with Crippen molar-refractivity contribution in [2.24, 2.45) is 0 Å². The molecule has 1 amide bonds. The lowest BCUT2D eigenvalue weighted by molar-refractivity contribution is -0.134. The van der Waals surface area contributed by atoms with Gasteiger partial charge in [0.05, 0.1) is 31.4 Å². The van der Waals surface area contributed by atoms with Gasteiger partial charge in [0.15, 0.2) is 0 Å². The van der Waals surface area contributed by atoms with Crippen molar-refractivity contribution in [1.29, 1.82) is 0 Å². The fourth-order valence-corrected chi connectivity index (χ4v) is 4.51. The molecule has 0 spiro atoms. The Hall–Kier alpha value is -1.85. The van der Waals surface area contributed by atoms with E-state index in [0.717, 1.165) is 56.6 Å². The van der Waals surface area contributed by atoms with Gasteiger partial charge in [0.2, 0.25) is 5.91 Å². The zero-order valence-corrected chi connectivity index (χ0v) is 16.5. The predicted octanol–water partition coefficient (Wildman–Crippen LogP) is 3.93. The van der Waals surface area contributed by atoms with Crippen LogP contribution in [0.25, 0.3) is 0 Å². The first-order valence-corrected chi connectivity index (χ1v) is 10.2. The number of piperidine rings is 1. The van der Waals surface area contributed by atoms with E-state index in [-0.39, 0.29) is 11.9 Å². The van der Waals surface area contributed by atoms with Gasteiger partial charge in [-0.2, -0.15) is 5.10 Å². The van der Waals surface area contributed by atoms with Gasteiger partial charge in [-0.25, -0.2) is 0 Å². The molecule has 1 unspecified atom stereocenters. The summed E-state index contributed by atoms with van der Waals surface area (Å²) in [4.78, 5) is 15.2. The minimum Gasteiger partial charge on any atom is -0.376 e. The van der Waals surface area contributed by atoms with Gasteiger partial charge in [0, 0.05) is 35.8 Å². The minimum absolute atomic E-state index is 0.0497. The Bertz CT molecular complexity index is 833. The van der Waals surface area contributed by atoms with Gasteiger partial charge in [-0.3, -0.25) is 9.48 Å². The number of aromatic nitrogens is 2. The summed E-state index contributed by atoms with van der Waals surface area (Å²) in [7, 11) is 0. The fourth-order valence-electron chi connectivity index (χ4n) is 4.30. The number of ether oxygens (including phenoxy) is 1. The molecule has 5 nitrogen and oxygen atoms in total. The van der Waals surface area contributed by atoms with Gasteiger partial charge in [0.1, 0.15) is 0 Å². The van der Waals surface area contributed by atoms with E-state index in [4.69, 9.17) is 21.4 Å². The molecular formula is C21H26ClN3O2. The van der Waals surface area contributed by atoms with Crippen LogP contribution in [-0.4, -0.2) is 33.7 Å². The third kappa shape index (κ3) is 3.76. The number of likely N-dealkylation sites (tertiary alicyclic amines) is 1. The Morgan fingerprint density at radius 2 is 2.26 bits per heavy atom. The largest absolute Gasteiger partial charge is 0.376 e. The van der Waals surface area contributed by atoms with Gasteiger partial charge in [0.25, 0.3) is 0 Å². The molecule has 1 aromatic heterocycles. The Kier molecular flexibility index (Phi) is 5.50. The topological polar surface area (TPSA) is 47.4 Å². The standard InChI is InChI=1S/C21H26ClN3O2/c1-2-25-18-9-11-27-14-17(18)21(23-25)19-8-3-4-10-24(19)20(26)13-15-6-5-7-16(22)12-15/h5-7,12,19H,2-4,8-11,13-14H2,1H3. The molecule has 0 aliphatic carbocycles. The van der Waals surface area contributed by atoms with E-state index in [9.17, 15) is 4.79 Å². The van der Waals surface area contributed by atoms with Crippen LogP contribution in [0.1, 0.15) is 54.7 Å². The summed E-state index contributed by atoms with van der Waals surface area (Å²) in [6.07, 6.45) is 4.42. The normalized spacial score (nSPS) is 19.8. The first-order valence-electron chi connectivity index (χ1n) is 9.87. The van der Waals surface area contributed by atoms with Crippen LogP contribution in [0.15, 0.2) is 24.3 Å². The van der Waals surface area contributed by atoms with Crippen LogP contribution in [0.5, 0.6) is 0 Å². The maximum atomic E-state index is 13.1. The number of benzene rings is 1. The second kappa shape index (κ2) is 8.03. The molecule has 2 aliphatic heterocycles. The summed E-state index contributed by atoms with van der Waals surface area (Å²) in [5.74, 6) is 0.151. The van der Waals surface area contributed by atoms with Gasteiger partial charge >= 0.3 is 0 Å². The molecule has 1 saturated heterocycles. The summed E-state index contributed by atoms with van der Waals surface area (Å²) in [6.45, 7) is 5.12. The number of rotatable bonds is 4. The zero-order chi connectivity index (χ0) is 18.8. The Labute approximate surface area is 165 Å². The number of nitrogens with zero attached hydrogens (tertiary/aromatic N) is 3. The van der Waals surface area contributed by atoms with E-state index >= 15 is 0 Å². The quantitative estimate of drug-likeness (QED) is 0.798. The average molecular weight is 388 g/mol. The van der Waals surface area contributed by atoms with Crippen molar-refractivity contribution in [3.63, 3.8) is 0 Å². The fraction of sp³-hybridized carbons (Fsp3) is 0.524. The van der Waals surface area contributed by atoms with Crippen molar-refractivity contribution in [1.82, 2.24) is 14.7 Å². The summed E-state index contributed by atoms with van der Waals surface area (Å²) >= 11 is 6.09. The number of amides is 1. The Balaban J connectivity index is 1.61. The molecule has 4 rings (SSSR count). The lowest BCUT2D eigenvalue weighted by Gasteiger charge is -2.35. The molecule has 2 aromatic rings. The van der Waals surface area contributed by atoms with Crippen molar-refractivity contribution >= 4 is 17.5 Å². The van der Waals surface area contributed by atoms with Crippen molar-refractivity contribution in [3.8, 4) is 0 Å². The first-order chi connectivity index (χ1) is 13.2. The molecule has 1 atom stereocenters. The number of carbonyl (C=O) groups excluding carboxylic acids is 1. The maximum Gasteiger partial charge on any atom is 0.227 e. The maximum absolute atomic E-state index is 13.1. The van der Waals surface area contributed by atoms with Crippen molar-refractivity contribution in [3.05, 3.63) is 51.8 Å². The molecule has 1 aromatic carbocycles. The molecule has 2 aliphatic rings. The summed E-state index contributed by atoms with van der Waals surface area (Å²) in [5.41, 5.74) is 4.49. The molecule has 0 N–H and O–H groups in total. The van der Waals surface area contributed by atoms with Crippen molar-refractivity contribution in [2.75, 3.05) is 13.2 Å². The van der Waals surface area contributed by atoms with E-state index in [1.807, 2.05) is 29.2 Å². The van der Waals surface area contributed by atoms with Gasteiger partial charge in [-0.15, -0.1) is 0 Å². The lowest BCUT2D eigenvalue weighted by Crippen LogP contribution is -2.40. The average Bonchev–Trinajstić information content (AvgIpc) is 3.07. The van der Waals surface area contributed by atoms with Crippen LogP contribution in [-0.2, 0) is 35.5 Å². The van der Waals surface area contributed by atoms with Crippen molar-refractivity contribution < 1.29 is 9.53 Å². The van der Waals surface area contributed by atoms with Crippen LogP contribution in [0.4, 0.5) is 0 Å². The predicted molar refractivity (Wildman–Crippen MR) is 105 cm³/mol. The molecule has 27 heavy (non-hydrogen) atoms. The number of fused-ring (bicyclic) bond motifs is 1. The molecule has 3 heterocycles. The van der Waals surface area contributed by atoms with Crippen LogP contribution >= 0.6 is 11.6 Å². The SMILES string of the molecule is CCn1nc(C2CCCCN2C(=O)Cc2cccc(Cl)c2)c2c1CCOC2. The summed E-state index contributed by atoms with van der Waals surface area (Å²) < 4.78 is 7.82. The summed E-state index contributed by atoms with van der Waals surface area (Å²) in [5, 5.41) is 5.58. The van der Waals surface area contributed by atoms with Gasteiger partial charge < -0.3 is 9.64 Å². The van der Waals surface area contributed by atoms with E-state index in [1.54, 1.807) is 0 Å². The van der Waals surface area contributed by atoms with E-state index < -0.39 is 0 Å². The monoisotopic (exact) mass is 387 g/mol. The van der Waals surface area contributed by atoms with Crippen LogP contribution in [0.3, 0.4) is 0 Å². The number of carbonyl (C=O) groups is 1. The number of aryl methyl sites for hydroxylation is 1. The van der Waals surface area contributed by atoms with Gasteiger partial charge in [-0.05, 0) is 43.9 Å². The molecule has 1 fully saturated rings. The number of hydrogen-bond donors (Lipinski definition) is 0. The van der Waals surface area contributed by atoms with E-state index in [0.29, 0.717) is 18.1 Å². The molecule has 144 valence electrons. The molecule has 0 bridgehead atoms. The van der Waals surface area contributed by atoms with E-state index in [1.165, 1.54) is 11.3 Å². The van der Waals surface area contributed by atoms with Crippen LogP contribution < -0.4 is 0 Å². The zero-order valence-electron chi connectivity index (χ0n) is 15.8. The van der Waals surface area contributed by atoms with Crippen LogP contribution in [0, 0.1) is 0 Å². The number of halogens is 1. The highest BCUT2D eigenvalue weighted by Gasteiger charge is 2.33. The highest BCUT2D eigenvalue weighted by Crippen LogP contribution is 2.35. The third-order valence-electron chi connectivity index (χ3n) is 5.61. The highest BCUT2D eigenvalue weighted by molar-refractivity contribution is 6.30. The molecule has 0 radical (unpaired) electrons. The second-order valence-electron chi connectivity index (χ2n) is 7.33. The number of hydrogen-bond acceptors (Lipinski definition) is 3. The first kappa shape index (κ1) is 18.5. The second-order valence-corrected chi connectivity index (χ2v) is 7.77. The van der Waals surface area contributed by atoms with Crippen molar-refractivity contribution in [2.45, 2.75) is 58.2 Å². The van der Waals surface area contributed by atoms with Gasteiger partial charge in [-0.1, -0.05) is 23.7 Å². The minimum atomic E-state index is 0.0497. The molecule has 6 heteroatoms. The Morgan fingerprint density at radius 1 is 1.37 bits per heavy atom. The highest BCUT2D eigenvalue weighted by atomic mass is 35.5. The Morgan fingerprint density at radius 3 is 3.07 bits per heavy atom. The summed E-state index contributed by atoms with van der Waals surface area (Å²) in [6, 6.07) is 7.62. The molecular weight excluding hydrogens is 362 g/mol.